The van der Waals surface area contributed by atoms with Gasteiger partial charge in [0.25, 0.3) is 0 Å². The zero-order valence-electron chi connectivity index (χ0n) is 10.9. The van der Waals surface area contributed by atoms with Crippen LogP contribution in [0.25, 0.3) is 0 Å². The highest BCUT2D eigenvalue weighted by Gasteiger charge is 2.22. The Morgan fingerprint density at radius 3 is 2.38 bits per heavy atom. The predicted molar refractivity (Wildman–Crippen MR) is 72.1 cm³/mol. The lowest BCUT2D eigenvalue weighted by atomic mass is 10.00. The number of alkyl halides is 1. The lowest BCUT2D eigenvalue weighted by molar-refractivity contribution is 0.380. The molecule has 90 valence electrons. The summed E-state index contributed by atoms with van der Waals surface area (Å²) in [6.45, 7) is 11.4. The summed E-state index contributed by atoms with van der Waals surface area (Å²) < 4.78 is 0. The van der Waals surface area contributed by atoms with Crippen molar-refractivity contribution in [2.45, 2.75) is 52.1 Å². The smallest absolute Gasteiger partial charge is 0.0484 e. The Bertz CT molecular complexity index is 356. The first-order chi connectivity index (χ1) is 7.33. The first kappa shape index (κ1) is 13.5. The van der Waals surface area contributed by atoms with Gasteiger partial charge in [0, 0.05) is 17.5 Å². The van der Waals surface area contributed by atoms with Crippen molar-refractivity contribution in [3.63, 3.8) is 0 Å². The van der Waals surface area contributed by atoms with E-state index in [0.29, 0.717) is 0 Å². The van der Waals surface area contributed by atoms with Gasteiger partial charge >= 0.3 is 0 Å². The van der Waals surface area contributed by atoms with E-state index >= 15 is 0 Å². The summed E-state index contributed by atoms with van der Waals surface area (Å²) in [6.07, 6.45) is 0. The van der Waals surface area contributed by atoms with E-state index in [4.69, 9.17) is 11.6 Å². The van der Waals surface area contributed by atoms with Crippen LogP contribution in [0.1, 0.15) is 37.5 Å². The number of nitrogens with one attached hydrogen (secondary N) is 1. The predicted octanol–water partition coefficient (Wildman–Crippen LogP) is 3.80. The van der Waals surface area contributed by atoms with Crippen molar-refractivity contribution in [2.75, 3.05) is 0 Å². The molecule has 1 rings (SSSR count). The molecule has 1 unspecified atom stereocenters. The number of hydrogen-bond donors (Lipinski definition) is 1. The normalized spacial score (nSPS) is 13.9. The lowest BCUT2D eigenvalue weighted by Gasteiger charge is -2.29. The van der Waals surface area contributed by atoms with Gasteiger partial charge in [0.2, 0.25) is 0 Å². The van der Waals surface area contributed by atoms with Crippen molar-refractivity contribution >= 4 is 11.6 Å². The minimum atomic E-state index is -0.0413. The zero-order valence-corrected chi connectivity index (χ0v) is 11.7. The molecule has 2 heteroatoms. The van der Waals surface area contributed by atoms with Crippen LogP contribution in [0.2, 0.25) is 0 Å². The Kier molecular flexibility index (Phi) is 4.40. The standard InChI is InChI=1S/C14H22ClN/c1-10-6-7-13(8-11(10)2)9-16-14(4,5)12(3)15/h6-8,12,16H,9H2,1-5H3. The van der Waals surface area contributed by atoms with Crippen LogP contribution in [0.5, 0.6) is 0 Å². The second-order valence-electron chi connectivity index (χ2n) is 5.11. The SMILES string of the molecule is Cc1ccc(CNC(C)(C)C(C)Cl)cc1C. The maximum Gasteiger partial charge on any atom is 0.0484 e. The maximum atomic E-state index is 6.13. The van der Waals surface area contributed by atoms with Crippen LogP contribution in [-0.4, -0.2) is 10.9 Å². The molecule has 1 N–H and O–H groups in total. The summed E-state index contributed by atoms with van der Waals surface area (Å²) in [5, 5.41) is 3.60. The van der Waals surface area contributed by atoms with E-state index in [0.717, 1.165) is 6.54 Å². The summed E-state index contributed by atoms with van der Waals surface area (Å²) >= 11 is 6.13. The first-order valence-electron chi connectivity index (χ1n) is 5.78. The Morgan fingerprint density at radius 1 is 1.25 bits per heavy atom. The number of benzene rings is 1. The fourth-order valence-corrected chi connectivity index (χ4v) is 1.46. The fraction of sp³-hybridized carbons (Fsp3) is 0.571. The molecule has 0 aliphatic carbocycles. The minimum Gasteiger partial charge on any atom is -0.306 e. The Balaban J connectivity index is 2.65. The van der Waals surface area contributed by atoms with Crippen LogP contribution in [0, 0.1) is 13.8 Å². The van der Waals surface area contributed by atoms with Crippen molar-refractivity contribution in [3.8, 4) is 0 Å². The van der Waals surface area contributed by atoms with E-state index in [1.54, 1.807) is 0 Å². The maximum absolute atomic E-state index is 6.13. The van der Waals surface area contributed by atoms with E-state index < -0.39 is 0 Å². The zero-order chi connectivity index (χ0) is 12.3. The highest BCUT2D eigenvalue weighted by atomic mass is 35.5. The molecule has 0 aromatic heterocycles. The molecule has 16 heavy (non-hydrogen) atoms. The number of hydrogen-bond acceptors (Lipinski definition) is 1. The molecule has 1 aromatic rings. The van der Waals surface area contributed by atoms with Gasteiger partial charge < -0.3 is 5.32 Å². The van der Waals surface area contributed by atoms with Crippen molar-refractivity contribution in [1.29, 1.82) is 0 Å². The Morgan fingerprint density at radius 2 is 1.88 bits per heavy atom. The van der Waals surface area contributed by atoms with Crippen LogP contribution >= 0.6 is 11.6 Å². The van der Waals surface area contributed by atoms with Crippen LogP contribution in [0.3, 0.4) is 0 Å². The van der Waals surface area contributed by atoms with Crippen LogP contribution in [0.15, 0.2) is 18.2 Å². The molecule has 0 saturated carbocycles. The van der Waals surface area contributed by atoms with Crippen molar-refractivity contribution in [1.82, 2.24) is 5.32 Å². The van der Waals surface area contributed by atoms with Crippen LogP contribution in [0.4, 0.5) is 0 Å². The quantitative estimate of drug-likeness (QED) is 0.789. The molecule has 0 spiro atoms. The molecule has 0 radical (unpaired) electrons. The van der Waals surface area contributed by atoms with Gasteiger partial charge in [0.15, 0.2) is 0 Å². The molecule has 0 aliphatic heterocycles. The van der Waals surface area contributed by atoms with Crippen LogP contribution < -0.4 is 5.32 Å². The van der Waals surface area contributed by atoms with Gasteiger partial charge in [-0.05, 0) is 51.3 Å². The minimum absolute atomic E-state index is 0.0413. The highest BCUT2D eigenvalue weighted by Crippen LogP contribution is 2.16. The largest absolute Gasteiger partial charge is 0.306 e. The molecule has 0 saturated heterocycles. The molecular weight excluding hydrogens is 218 g/mol. The average molecular weight is 240 g/mol. The summed E-state index contributed by atoms with van der Waals surface area (Å²) in [5.41, 5.74) is 3.96. The van der Waals surface area contributed by atoms with Gasteiger partial charge in [-0.15, -0.1) is 11.6 Å². The van der Waals surface area contributed by atoms with E-state index in [1.807, 2.05) is 6.92 Å². The van der Waals surface area contributed by atoms with Crippen molar-refractivity contribution in [3.05, 3.63) is 34.9 Å². The molecule has 1 atom stereocenters. The molecule has 0 bridgehead atoms. The highest BCUT2D eigenvalue weighted by molar-refractivity contribution is 6.21. The average Bonchev–Trinajstić information content (AvgIpc) is 2.20. The van der Waals surface area contributed by atoms with Gasteiger partial charge in [-0.1, -0.05) is 18.2 Å². The molecule has 0 fully saturated rings. The van der Waals surface area contributed by atoms with Crippen molar-refractivity contribution < 1.29 is 0 Å². The monoisotopic (exact) mass is 239 g/mol. The molecule has 0 amide bonds. The third kappa shape index (κ3) is 3.50. The van der Waals surface area contributed by atoms with Gasteiger partial charge in [-0.2, -0.15) is 0 Å². The summed E-state index contributed by atoms with van der Waals surface area (Å²) in [7, 11) is 0. The number of halogens is 1. The number of aryl methyl sites for hydroxylation is 2. The third-order valence-corrected chi connectivity index (χ3v) is 3.86. The van der Waals surface area contributed by atoms with E-state index in [2.05, 4.69) is 51.2 Å². The summed E-state index contributed by atoms with van der Waals surface area (Å²) in [6, 6.07) is 6.57. The first-order valence-corrected chi connectivity index (χ1v) is 6.22. The topological polar surface area (TPSA) is 12.0 Å². The van der Waals surface area contributed by atoms with Crippen molar-refractivity contribution in [2.24, 2.45) is 0 Å². The van der Waals surface area contributed by atoms with E-state index in [9.17, 15) is 0 Å². The second kappa shape index (κ2) is 5.20. The van der Waals surface area contributed by atoms with E-state index in [1.165, 1.54) is 16.7 Å². The summed E-state index contributed by atoms with van der Waals surface area (Å²) in [5.74, 6) is 0. The molecule has 0 aliphatic rings. The Hall–Kier alpha value is -0.530. The molecule has 1 nitrogen and oxygen atoms in total. The third-order valence-electron chi connectivity index (χ3n) is 3.31. The van der Waals surface area contributed by atoms with Gasteiger partial charge in [-0.25, -0.2) is 0 Å². The fourth-order valence-electron chi connectivity index (χ4n) is 1.38. The van der Waals surface area contributed by atoms with Crippen LogP contribution in [-0.2, 0) is 6.54 Å². The lowest BCUT2D eigenvalue weighted by Crippen LogP contribution is -2.45. The number of rotatable bonds is 4. The molecule has 0 heterocycles. The molecular formula is C14H22ClN. The van der Waals surface area contributed by atoms with Gasteiger partial charge in [-0.3, -0.25) is 0 Å². The van der Waals surface area contributed by atoms with E-state index in [-0.39, 0.29) is 10.9 Å². The molecule has 1 aromatic carbocycles. The Labute approximate surface area is 104 Å². The second-order valence-corrected chi connectivity index (χ2v) is 5.76. The summed E-state index contributed by atoms with van der Waals surface area (Å²) in [4.78, 5) is 0. The van der Waals surface area contributed by atoms with Gasteiger partial charge in [0.05, 0.1) is 0 Å². The van der Waals surface area contributed by atoms with Gasteiger partial charge in [0.1, 0.15) is 0 Å².